The predicted molar refractivity (Wildman–Crippen MR) is 117 cm³/mol. The Balaban J connectivity index is 1.65. The van der Waals surface area contributed by atoms with Crippen LogP contribution < -0.4 is 5.56 Å². The van der Waals surface area contributed by atoms with E-state index in [4.69, 9.17) is 9.51 Å². The van der Waals surface area contributed by atoms with Crippen LogP contribution in [0.15, 0.2) is 51.9 Å². The van der Waals surface area contributed by atoms with Gasteiger partial charge in [0, 0.05) is 29.1 Å². The molecule has 8 heteroatoms. The number of benzene rings is 1. The topological polar surface area (TPSA) is 94.0 Å². The second kappa shape index (κ2) is 7.09. The summed E-state index contributed by atoms with van der Waals surface area (Å²) >= 11 is 0. The second-order valence-corrected chi connectivity index (χ2v) is 7.84. The second-order valence-electron chi connectivity index (χ2n) is 7.84. The van der Waals surface area contributed by atoms with Gasteiger partial charge in [-0.2, -0.15) is 5.10 Å². The van der Waals surface area contributed by atoms with Crippen molar-refractivity contribution in [3.63, 3.8) is 0 Å². The van der Waals surface area contributed by atoms with Gasteiger partial charge >= 0.3 is 0 Å². The monoisotopic (exact) mass is 414 g/mol. The van der Waals surface area contributed by atoms with E-state index in [1.165, 1.54) is 16.1 Å². The van der Waals surface area contributed by atoms with Crippen molar-refractivity contribution in [3.8, 4) is 22.5 Å². The normalized spacial score (nSPS) is 11.5. The highest BCUT2D eigenvalue weighted by atomic mass is 16.5. The molecule has 0 aliphatic heterocycles. The third-order valence-corrected chi connectivity index (χ3v) is 5.50. The van der Waals surface area contributed by atoms with Gasteiger partial charge in [0.2, 0.25) is 0 Å². The highest BCUT2D eigenvalue weighted by Crippen LogP contribution is 2.28. The van der Waals surface area contributed by atoms with Crippen LogP contribution in [0, 0.1) is 27.7 Å². The molecule has 0 radical (unpaired) electrons. The van der Waals surface area contributed by atoms with Crippen LogP contribution in [0.4, 0.5) is 0 Å². The number of fused-ring (bicyclic) bond motifs is 1. The van der Waals surface area contributed by atoms with E-state index >= 15 is 0 Å². The summed E-state index contributed by atoms with van der Waals surface area (Å²) in [6.07, 6.45) is 1.79. The molecular weight excluding hydrogens is 392 g/mol. The number of aromatic nitrogens is 6. The van der Waals surface area contributed by atoms with E-state index in [9.17, 15) is 4.79 Å². The molecule has 156 valence electrons. The Kier molecular flexibility index (Phi) is 4.35. The lowest BCUT2D eigenvalue weighted by Crippen LogP contribution is -2.15. The summed E-state index contributed by atoms with van der Waals surface area (Å²) < 4.78 is 8.82. The number of nitrogens with one attached hydrogen (secondary N) is 1. The van der Waals surface area contributed by atoms with Crippen molar-refractivity contribution < 1.29 is 4.52 Å². The van der Waals surface area contributed by atoms with Crippen LogP contribution >= 0.6 is 0 Å². The lowest BCUT2D eigenvalue weighted by atomic mass is 10.1. The van der Waals surface area contributed by atoms with Gasteiger partial charge in [-0.3, -0.25) is 14.6 Å². The van der Waals surface area contributed by atoms with Crippen LogP contribution in [0.2, 0.25) is 0 Å². The largest absolute Gasteiger partial charge is 0.361 e. The number of H-pyrrole nitrogens is 1. The minimum Gasteiger partial charge on any atom is -0.361 e. The first-order valence-electron chi connectivity index (χ1n) is 10.1. The number of aryl methyl sites for hydroxylation is 4. The molecule has 0 bridgehead atoms. The Labute approximate surface area is 178 Å². The summed E-state index contributed by atoms with van der Waals surface area (Å²) in [6.45, 7) is 8.35. The van der Waals surface area contributed by atoms with Gasteiger partial charge < -0.3 is 4.52 Å². The molecule has 4 aromatic heterocycles. The summed E-state index contributed by atoms with van der Waals surface area (Å²) in [4.78, 5) is 17.6. The standard InChI is InChI=1S/C23H22N6O2/c1-13-5-7-17(8-6-13)18-11-24-29-21(30)10-20(25-23(18)29)22-19(16(4)31-27-22)12-28-15(3)9-14(2)26-28/h5-11,24H,12H2,1-4H3. The van der Waals surface area contributed by atoms with Crippen molar-refractivity contribution in [2.45, 2.75) is 34.2 Å². The van der Waals surface area contributed by atoms with Crippen LogP contribution in [-0.4, -0.2) is 29.5 Å². The zero-order chi connectivity index (χ0) is 21.7. The highest BCUT2D eigenvalue weighted by Gasteiger charge is 2.20. The number of rotatable bonds is 4. The van der Waals surface area contributed by atoms with Gasteiger partial charge in [-0.05, 0) is 39.3 Å². The predicted octanol–water partition coefficient (Wildman–Crippen LogP) is 3.82. The summed E-state index contributed by atoms with van der Waals surface area (Å²) in [5.74, 6) is 0.678. The maximum absolute atomic E-state index is 12.8. The molecule has 0 aliphatic carbocycles. The van der Waals surface area contributed by atoms with Crippen molar-refractivity contribution in [2.75, 3.05) is 0 Å². The fraction of sp³-hybridized carbons (Fsp3) is 0.217. The molecule has 5 aromatic rings. The average molecular weight is 414 g/mol. The third kappa shape index (κ3) is 3.26. The molecule has 0 saturated carbocycles. The van der Waals surface area contributed by atoms with E-state index in [1.54, 1.807) is 6.20 Å². The van der Waals surface area contributed by atoms with E-state index in [2.05, 4.69) is 15.4 Å². The van der Waals surface area contributed by atoms with Crippen LogP contribution in [-0.2, 0) is 6.54 Å². The maximum Gasteiger partial charge on any atom is 0.273 e. The zero-order valence-electron chi connectivity index (χ0n) is 17.8. The molecule has 0 amide bonds. The SMILES string of the molecule is Cc1ccc(-c2c[nH]n3c(=O)cc(-c4noc(C)c4Cn4nc(C)cc4C)nc23)cc1. The quantitative estimate of drug-likeness (QED) is 0.482. The fourth-order valence-corrected chi connectivity index (χ4v) is 3.81. The van der Waals surface area contributed by atoms with E-state index in [0.717, 1.165) is 28.1 Å². The molecule has 8 nitrogen and oxygen atoms in total. The number of aromatic amines is 1. The molecule has 31 heavy (non-hydrogen) atoms. The first-order valence-corrected chi connectivity index (χ1v) is 10.1. The molecule has 0 aliphatic rings. The fourth-order valence-electron chi connectivity index (χ4n) is 3.81. The Morgan fingerprint density at radius 1 is 1.06 bits per heavy atom. The smallest absolute Gasteiger partial charge is 0.273 e. The van der Waals surface area contributed by atoms with Gasteiger partial charge in [-0.15, -0.1) is 0 Å². The van der Waals surface area contributed by atoms with Crippen LogP contribution in [0.3, 0.4) is 0 Å². The van der Waals surface area contributed by atoms with Crippen LogP contribution in [0.1, 0.15) is 28.3 Å². The zero-order valence-corrected chi connectivity index (χ0v) is 17.8. The van der Waals surface area contributed by atoms with Gasteiger partial charge in [-0.1, -0.05) is 35.0 Å². The molecule has 0 atom stereocenters. The van der Waals surface area contributed by atoms with Crippen molar-refractivity contribution in [3.05, 3.63) is 81.2 Å². The summed E-state index contributed by atoms with van der Waals surface area (Å²) in [7, 11) is 0. The van der Waals surface area contributed by atoms with E-state index in [-0.39, 0.29) is 5.56 Å². The van der Waals surface area contributed by atoms with E-state index < -0.39 is 0 Å². The van der Waals surface area contributed by atoms with Gasteiger partial charge in [0.1, 0.15) is 17.1 Å². The molecule has 0 saturated heterocycles. The number of hydrogen-bond donors (Lipinski definition) is 1. The Bertz CT molecular complexity index is 1470. The lowest BCUT2D eigenvalue weighted by Gasteiger charge is -2.06. The van der Waals surface area contributed by atoms with Crippen molar-refractivity contribution >= 4 is 5.65 Å². The Morgan fingerprint density at radius 2 is 1.84 bits per heavy atom. The van der Waals surface area contributed by atoms with Gasteiger partial charge in [0.15, 0.2) is 5.65 Å². The number of nitrogens with zero attached hydrogens (tertiary/aromatic N) is 5. The summed E-state index contributed by atoms with van der Waals surface area (Å²) in [5, 5.41) is 11.8. The average Bonchev–Trinajstić information content (AvgIpc) is 3.41. The minimum atomic E-state index is -0.212. The molecule has 4 heterocycles. The molecule has 0 fully saturated rings. The summed E-state index contributed by atoms with van der Waals surface area (Å²) in [5.41, 5.74) is 7.20. The molecule has 0 unspecified atom stereocenters. The van der Waals surface area contributed by atoms with Gasteiger partial charge in [-0.25, -0.2) is 9.50 Å². The maximum atomic E-state index is 12.8. The van der Waals surface area contributed by atoms with Gasteiger partial charge in [0.05, 0.1) is 12.2 Å². The van der Waals surface area contributed by atoms with Gasteiger partial charge in [0.25, 0.3) is 5.56 Å². The molecule has 1 N–H and O–H groups in total. The van der Waals surface area contributed by atoms with Crippen molar-refractivity contribution in [1.29, 1.82) is 0 Å². The van der Waals surface area contributed by atoms with E-state index in [1.807, 2.05) is 62.7 Å². The Morgan fingerprint density at radius 3 is 2.55 bits per heavy atom. The first kappa shape index (κ1) is 19.0. The van der Waals surface area contributed by atoms with Crippen LogP contribution in [0.25, 0.3) is 28.2 Å². The Hall–Kier alpha value is -3.94. The lowest BCUT2D eigenvalue weighted by molar-refractivity contribution is 0.397. The molecule has 5 rings (SSSR count). The molecular formula is C23H22N6O2. The first-order chi connectivity index (χ1) is 14.9. The van der Waals surface area contributed by atoms with Crippen molar-refractivity contribution in [1.82, 2.24) is 29.5 Å². The number of hydrogen-bond acceptors (Lipinski definition) is 5. The summed E-state index contributed by atoms with van der Waals surface area (Å²) in [6, 6.07) is 11.6. The third-order valence-electron chi connectivity index (χ3n) is 5.50. The van der Waals surface area contributed by atoms with Crippen LogP contribution in [0.5, 0.6) is 0 Å². The molecule has 1 aromatic carbocycles. The minimum absolute atomic E-state index is 0.212. The molecule has 0 spiro atoms. The van der Waals surface area contributed by atoms with Crippen molar-refractivity contribution in [2.24, 2.45) is 0 Å². The van der Waals surface area contributed by atoms with E-state index in [0.29, 0.717) is 29.3 Å². The highest BCUT2D eigenvalue weighted by molar-refractivity contribution is 5.78.